The number of hydrogen-bond donors (Lipinski definition) is 1. The molecule has 27 heavy (non-hydrogen) atoms. The van der Waals surface area contributed by atoms with Gasteiger partial charge in [0.15, 0.2) is 0 Å². The van der Waals surface area contributed by atoms with E-state index in [9.17, 15) is 18.0 Å². The molecule has 1 heterocycles. The minimum atomic E-state index is -3.83. The van der Waals surface area contributed by atoms with Gasteiger partial charge in [-0.25, -0.2) is 8.42 Å². The molecule has 8 nitrogen and oxygen atoms in total. The second-order valence-corrected chi connectivity index (χ2v) is 8.52. The molecule has 0 saturated carbocycles. The molecular formula is C17H23ClN2O6S. The molecule has 1 fully saturated rings. The Kier molecular flexibility index (Phi) is 7.60. The second kappa shape index (κ2) is 9.50. The van der Waals surface area contributed by atoms with Gasteiger partial charge in [-0.2, -0.15) is 4.31 Å². The van der Waals surface area contributed by atoms with Crippen LogP contribution in [0.4, 0.5) is 0 Å². The highest BCUT2D eigenvalue weighted by Crippen LogP contribution is 2.26. The molecule has 0 atom stereocenters. The molecule has 10 heteroatoms. The summed E-state index contributed by atoms with van der Waals surface area (Å²) >= 11 is 6.07. The first-order chi connectivity index (χ1) is 12.7. The molecule has 0 aliphatic carbocycles. The number of hydrogen-bond acceptors (Lipinski definition) is 6. The molecule has 1 aliphatic heterocycles. The van der Waals surface area contributed by atoms with Gasteiger partial charge < -0.3 is 14.8 Å². The van der Waals surface area contributed by atoms with Crippen molar-refractivity contribution in [3.05, 3.63) is 28.8 Å². The van der Waals surface area contributed by atoms with E-state index in [1.807, 2.05) is 0 Å². The molecule has 2 rings (SSSR count). The fraction of sp³-hybridized carbons (Fsp3) is 0.529. The summed E-state index contributed by atoms with van der Waals surface area (Å²) in [6.07, 6.45) is -0.200. The quantitative estimate of drug-likeness (QED) is 0.672. The van der Waals surface area contributed by atoms with Crippen LogP contribution in [-0.4, -0.2) is 63.6 Å². The van der Waals surface area contributed by atoms with Crippen LogP contribution in [0.5, 0.6) is 0 Å². The van der Waals surface area contributed by atoms with E-state index in [0.29, 0.717) is 13.2 Å². The summed E-state index contributed by atoms with van der Waals surface area (Å²) in [6, 6.07) is 4.05. The minimum Gasteiger partial charge on any atom is -0.463 e. The van der Waals surface area contributed by atoms with Crippen LogP contribution < -0.4 is 5.32 Å². The standard InChI is InChI=1S/C17H23ClN2O6S/c1-12(2)26-16(21)5-6-19-17(22)13-3-4-14(18)15(11-13)27(23,24)20-7-9-25-10-8-20/h3-4,11-12H,5-10H2,1-2H3,(H,19,22). The Morgan fingerprint density at radius 1 is 1.30 bits per heavy atom. The smallest absolute Gasteiger partial charge is 0.307 e. The van der Waals surface area contributed by atoms with Crippen LogP contribution in [-0.2, 0) is 24.3 Å². The minimum absolute atomic E-state index is 0.0242. The van der Waals surface area contributed by atoms with Crippen LogP contribution >= 0.6 is 11.6 Å². The van der Waals surface area contributed by atoms with Gasteiger partial charge in [-0.1, -0.05) is 11.6 Å². The number of esters is 1. The van der Waals surface area contributed by atoms with Crippen molar-refractivity contribution in [1.82, 2.24) is 9.62 Å². The van der Waals surface area contributed by atoms with Crippen molar-refractivity contribution in [2.24, 2.45) is 0 Å². The molecule has 0 bridgehead atoms. The number of morpholine rings is 1. The second-order valence-electron chi connectivity index (χ2n) is 6.21. The summed E-state index contributed by atoms with van der Waals surface area (Å²) in [7, 11) is -3.83. The molecule has 0 radical (unpaired) electrons. The Morgan fingerprint density at radius 2 is 1.96 bits per heavy atom. The maximum absolute atomic E-state index is 12.8. The Balaban J connectivity index is 2.07. The molecule has 0 aromatic heterocycles. The Labute approximate surface area is 163 Å². The van der Waals surface area contributed by atoms with Crippen LogP contribution in [0, 0.1) is 0 Å². The summed E-state index contributed by atoms with van der Waals surface area (Å²) in [5, 5.41) is 2.61. The largest absolute Gasteiger partial charge is 0.463 e. The van der Waals surface area contributed by atoms with Crippen LogP contribution in [0.15, 0.2) is 23.1 Å². The predicted octanol–water partition coefficient (Wildman–Crippen LogP) is 1.43. The van der Waals surface area contributed by atoms with Crippen molar-refractivity contribution in [3.8, 4) is 0 Å². The average molecular weight is 419 g/mol. The maximum atomic E-state index is 12.8. The molecule has 1 saturated heterocycles. The summed E-state index contributed by atoms with van der Waals surface area (Å²) < 4.78 is 37.0. The van der Waals surface area contributed by atoms with Gasteiger partial charge in [0, 0.05) is 25.2 Å². The van der Waals surface area contributed by atoms with E-state index in [0.717, 1.165) is 0 Å². The van der Waals surface area contributed by atoms with Gasteiger partial charge in [-0.05, 0) is 32.0 Å². The van der Waals surface area contributed by atoms with Gasteiger partial charge in [-0.3, -0.25) is 9.59 Å². The molecule has 0 unspecified atom stereocenters. The fourth-order valence-electron chi connectivity index (χ4n) is 2.47. The third kappa shape index (κ3) is 5.90. The van der Waals surface area contributed by atoms with Crippen molar-refractivity contribution < 1.29 is 27.5 Å². The third-order valence-corrected chi connectivity index (χ3v) is 6.14. The maximum Gasteiger partial charge on any atom is 0.307 e. The number of carbonyl (C=O) groups excluding carboxylic acids is 2. The van der Waals surface area contributed by atoms with Gasteiger partial charge >= 0.3 is 5.97 Å². The van der Waals surface area contributed by atoms with E-state index in [4.69, 9.17) is 21.1 Å². The van der Waals surface area contributed by atoms with Gasteiger partial charge in [0.2, 0.25) is 10.0 Å². The number of ether oxygens (including phenoxy) is 2. The number of benzene rings is 1. The summed E-state index contributed by atoms with van der Waals surface area (Å²) in [4.78, 5) is 23.6. The third-order valence-electron chi connectivity index (χ3n) is 3.76. The highest BCUT2D eigenvalue weighted by molar-refractivity contribution is 7.89. The molecule has 0 spiro atoms. The van der Waals surface area contributed by atoms with Gasteiger partial charge in [0.1, 0.15) is 4.90 Å². The number of amides is 1. The Bertz CT molecular complexity index is 791. The molecule has 1 N–H and O–H groups in total. The highest BCUT2D eigenvalue weighted by atomic mass is 35.5. The number of carbonyl (C=O) groups is 2. The molecule has 150 valence electrons. The number of nitrogens with zero attached hydrogens (tertiary/aromatic N) is 1. The number of nitrogens with one attached hydrogen (secondary N) is 1. The fourth-order valence-corrected chi connectivity index (χ4v) is 4.38. The zero-order valence-corrected chi connectivity index (χ0v) is 16.8. The van der Waals surface area contributed by atoms with Crippen molar-refractivity contribution in [3.63, 3.8) is 0 Å². The molecule has 1 aromatic rings. The first kappa shape index (κ1) is 21.6. The molecule has 1 aromatic carbocycles. The van der Waals surface area contributed by atoms with Gasteiger partial charge in [0.05, 0.1) is 30.8 Å². The van der Waals surface area contributed by atoms with Crippen molar-refractivity contribution in [2.75, 3.05) is 32.8 Å². The van der Waals surface area contributed by atoms with Crippen LogP contribution in [0.3, 0.4) is 0 Å². The number of halogens is 1. The molecule has 1 aliphatic rings. The van der Waals surface area contributed by atoms with E-state index >= 15 is 0 Å². The van der Waals surface area contributed by atoms with Crippen molar-refractivity contribution in [1.29, 1.82) is 0 Å². The van der Waals surface area contributed by atoms with E-state index in [2.05, 4.69) is 5.32 Å². The Morgan fingerprint density at radius 3 is 2.59 bits per heavy atom. The predicted molar refractivity (Wildman–Crippen MR) is 99.2 cm³/mol. The molecular weight excluding hydrogens is 396 g/mol. The SMILES string of the molecule is CC(C)OC(=O)CCNC(=O)c1ccc(Cl)c(S(=O)(=O)N2CCOCC2)c1. The normalized spacial score (nSPS) is 15.6. The zero-order valence-electron chi connectivity index (χ0n) is 15.2. The first-order valence-electron chi connectivity index (χ1n) is 8.57. The van der Waals surface area contributed by atoms with E-state index in [1.165, 1.54) is 22.5 Å². The molecule has 1 amide bonds. The lowest BCUT2D eigenvalue weighted by Crippen LogP contribution is -2.40. The monoisotopic (exact) mass is 418 g/mol. The van der Waals surface area contributed by atoms with Gasteiger partial charge in [-0.15, -0.1) is 0 Å². The lowest BCUT2D eigenvalue weighted by molar-refractivity contribution is -0.147. The number of rotatable bonds is 7. The summed E-state index contributed by atoms with van der Waals surface area (Å²) in [5.41, 5.74) is 0.142. The average Bonchev–Trinajstić information content (AvgIpc) is 2.62. The number of sulfonamides is 1. The van der Waals surface area contributed by atoms with E-state index in [1.54, 1.807) is 13.8 Å². The van der Waals surface area contributed by atoms with E-state index in [-0.39, 0.29) is 47.6 Å². The van der Waals surface area contributed by atoms with Crippen LogP contribution in [0.1, 0.15) is 30.6 Å². The summed E-state index contributed by atoms with van der Waals surface area (Å²) in [6.45, 7) is 4.63. The van der Waals surface area contributed by atoms with E-state index < -0.39 is 21.9 Å². The lowest BCUT2D eigenvalue weighted by atomic mass is 10.2. The first-order valence-corrected chi connectivity index (χ1v) is 10.4. The summed E-state index contributed by atoms with van der Waals surface area (Å²) in [5.74, 6) is -0.917. The van der Waals surface area contributed by atoms with Crippen LogP contribution in [0.2, 0.25) is 5.02 Å². The highest BCUT2D eigenvalue weighted by Gasteiger charge is 2.29. The van der Waals surface area contributed by atoms with Crippen LogP contribution in [0.25, 0.3) is 0 Å². The lowest BCUT2D eigenvalue weighted by Gasteiger charge is -2.26. The topological polar surface area (TPSA) is 102 Å². The zero-order chi connectivity index (χ0) is 20.0. The van der Waals surface area contributed by atoms with Crippen molar-refractivity contribution >= 4 is 33.5 Å². The Hall–Kier alpha value is -1.68. The van der Waals surface area contributed by atoms with Gasteiger partial charge in [0.25, 0.3) is 5.91 Å². The van der Waals surface area contributed by atoms with Crippen molar-refractivity contribution in [2.45, 2.75) is 31.3 Å².